The van der Waals surface area contributed by atoms with Gasteiger partial charge in [0.25, 0.3) is 0 Å². The topological polar surface area (TPSA) is 43.4 Å². The molecule has 4 bridgehead atoms. The second kappa shape index (κ2) is 2.59. The molecular formula is C11H14O3. The van der Waals surface area contributed by atoms with Crippen LogP contribution in [0.15, 0.2) is 0 Å². The van der Waals surface area contributed by atoms with Gasteiger partial charge in [-0.15, -0.1) is 0 Å². The van der Waals surface area contributed by atoms with Crippen LogP contribution in [0.1, 0.15) is 12.8 Å². The Kier molecular flexibility index (Phi) is 1.56. The molecule has 4 aliphatic carbocycles. The van der Waals surface area contributed by atoms with E-state index in [9.17, 15) is 9.59 Å². The smallest absolute Gasteiger partial charge is 0.309 e. The van der Waals surface area contributed by atoms with E-state index in [1.165, 1.54) is 7.11 Å². The summed E-state index contributed by atoms with van der Waals surface area (Å²) in [4.78, 5) is 22.0. The van der Waals surface area contributed by atoms with Gasteiger partial charge in [0.15, 0.2) is 0 Å². The van der Waals surface area contributed by atoms with E-state index in [0.717, 1.165) is 18.6 Å². The van der Waals surface area contributed by atoms with E-state index in [-0.39, 0.29) is 11.9 Å². The second-order valence-electron chi connectivity index (χ2n) is 4.83. The van der Waals surface area contributed by atoms with Crippen molar-refractivity contribution in [1.82, 2.24) is 0 Å². The molecule has 0 heterocycles. The van der Waals surface area contributed by atoms with Crippen LogP contribution in [0.3, 0.4) is 0 Å². The van der Waals surface area contributed by atoms with Crippen molar-refractivity contribution in [3.8, 4) is 0 Å². The van der Waals surface area contributed by atoms with Crippen molar-refractivity contribution in [3.63, 3.8) is 0 Å². The third-order valence-electron chi connectivity index (χ3n) is 4.60. The van der Waals surface area contributed by atoms with Crippen molar-refractivity contribution in [2.45, 2.75) is 12.8 Å². The van der Waals surface area contributed by atoms with Crippen molar-refractivity contribution < 1.29 is 14.3 Å². The van der Waals surface area contributed by atoms with Crippen molar-refractivity contribution in [2.24, 2.45) is 35.5 Å². The fourth-order valence-electron chi connectivity index (χ4n) is 4.23. The van der Waals surface area contributed by atoms with E-state index in [0.29, 0.717) is 30.1 Å². The highest BCUT2D eigenvalue weighted by molar-refractivity contribution is 5.75. The van der Waals surface area contributed by atoms with Crippen LogP contribution >= 0.6 is 0 Å². The number of carbonyl (C=O) groups is 2. The number of ether oxygens (including phenoxy) is 1. The van der Waals surface area contributed by atoms with Gasteiger partial charge in [0.2, 0.25) is 0 Å². The predicted molar refractivity (Wildman–Crippen MR) is 48.3 cm³/mol. The molecule has 0 aromatic carbocycles. The predicted octanol–water partition coefficient (Wildman–Crippen LogP) is 0.876. The molecule has 0 amide bonds. The number of hydrogen-bond donors (Lipinski definition) is 0. The lowest BCUT2D eigenvalue weighted by Gasteiger charge is -2.16. The minimum atomic E-state index is -0.0431. The van der Waals surface area contributed by atoms with E-state index < -0.39 is 0 Å². The van der Waals surface area contributed by atoms with Crippen molar-refractivity contribution in [2.75, 3.05) is 7.11 Å². The summed E-state index contributed by atoms with van der Waals surface area (Å²) in [5, 5.41) is 0. The van der Waals surface area contributed by atoms with Crippen LogP contribution in [0, 0.1) is 35.5 Å². The maximum absolute atomic E-state index is 11.5. The molecule has 4 aliphatic rings. The van der Waals surface area contributed by atoms with Crippen LogP contribution in [-0.2, 0) is 14.3 Å². The van der Waals surface area contributed by atoms with Crippen LogP contribution < -0.4 is 0 Å². The van der Waals surface area contributed by atoms with Crippen LogP contribution in [0.4, 0.5) is 0 Å². The molecule has 0 saturated heterocycles. The zero-order valence-electron chi connectivity index (χ0n) is 8.18. The molecule has 0 aromatic rings. The SMILES string of the molecule is COC(=O)[C@H]1C2C3C[C@@H]1C(CC=O)C32. The molecule has 6 atom stereocenters. The van der Waals surface area contributed by atoms with Gasteiger partial charge < -0.3 is 9.53 Å². The number of esters is 1. The lowest BCUT2D eigenvalue weighted by molar-refractivity contribution is -0.147. The van der Waals surface area contributed by atoms with Crippen LogP contribution in [0.25, 0.3) is 0 Å². The largest absolute Gasteiger partial charge is 0.469 e. The summed E-state index contributed by atoms with van der Waals surface area (Å²) in [6.07, 6.45) is 2.82. The highest BCUT2D eigenvalue weighted by Gasteiger charge is 2.74. The Balaban J connectivity index is 1.81. The van der Waals surface area contributed by atoms with Gasteiger partial charge in [0, 0.05) is 6.42 Å². The van der Waals surface area contributed by atoms with Crippen molar-refractivity contribution in [1.29, 1.82) is 0 Å². The first-order valence-corrected chi connectivity index (χ1v) is 5.31. The number of hydrogen-bond acceptors (Lipinski definition) is 3. The monoisotopic (exact) mass is 194 g/mol. The van der Waals surface area contributed by atoms with E-state index in [1.807, 2.05) is 0 Å². The van der Waals surface area contributed by atoms with Crippen LogP contribution in [-0.4, -0.2) is 19.4 Å². The molecular weight excluding hydrogens is 180 g/mol. The highest BCUT2D eigenvalue weighted by atomic mass is 16.5. The fourth-order valence-corrected chi connectivity index (χ4v) is 4.23. The molecule has 4 saturated carbocycles. The summed E-state index contributed by atoms with van der Waals surface area (Å²) < 4.78 is 4.83. The van der Waals surface area contributed by atoms with E-state index in [4.69, 9.17) is 4.74 Å². The Morgan fingerprint density at radius 2 is 2.21 bits per heavy atom. The third-order valence-corrected chi connectivity index (χ3v) is 4.60. The minimum Gasteiger partial charge on any atom is -0.469 e. The number of methoxy groups -OCH3 is 1. The maximum atomic E-state index is 11.5. The van der Waals surface area contributed by atoms with Gasteiger partial charge in [-0.1, -0.05) is 0 Å². The summed E-state index contributed by atoms with van der Waals surface area (Å²) in [6.45, 7) is 0. The second-order valence-corrected chi connectivity index (χ2v) is 4.83. The average molecular weight is 194 g/mol. The molecule has 0 aliphatic heterocycles. The molecule has 4 fully saturated rings. The van der Waals surface area contributed by atoms with E-state index in [2.05, 4.69) is 0 Å². The van der Waals surface area contributed by atoms with Crippen LogP contribution in [0.5, 0.6) is 0 Å². The lowest BCUT2D eigenvalue weighted by Crippen LogP contribution is -2.22. The summed E-state index contributed by atoms with van der Waals surface area (Å²) >= 11 is 0. The van der Waals surface area contributed by atoms with Gasteiger partial charge in [-0.3, -0.25) is 4.79 Å². The van der Waals surface area contributed by atoms with Crippen molar-refractivity contribution in [3.05, 3.63) is 0 Å². The molecule has 0 N–H and O–H groups in total. The maximum Gasteiger partial charge on any atom is 0.309 e. The van der Waals surface area contributed by atoms with Crippen molar-refractivity contribution >= 4 is 12.3 Å². The summed E-state index contributed by atoms with van der Waals surface area (Å²) in [6, 6.07) is 0. The molecule has 3 nitrogen and oxygen atoms in total. The Morgan fingerprint density at radius 3 is 2.79 bits per heavy atom. The zero-order chi connectivity index (χ0) is 9.87. The Morgan fingerprint density at radius 1 is 1.43 bits per heavy atom. The fraction of sp³-hybridized carbons (Fsp3) is 0.818. The van der Waals surface area contributed by atoms with Gasteiger partial charge >= 0.3 is 5.97 Å². The Bertz CT molecular complexity index is 299. The Hall–Kier alpha value is -0.860. The van der Waals surface area contributed by atoms with Gasteiger partial charge in [-0.05, 0) is 36.0 Å². The molecule has 0 spiro atoms. The van der Waals surface area contributed by atoms with E-state index in [1.54, 1.807) is 0 Å². The van der Waals surface area contributed by atoms with E-state index >= 15 is 0 Å². The normalized spacial score (nSPS) is 51.8. The molecule has 4 unspecified atom stereocenters. The minimum absolute atomic E-state index is 0.0431. The standard InChI is InChI=1S/C11H14O3/c1-14-11(13)10-6-4-7-8(9(7)10)5(6)2-3-12/h3,5-10H,2,4H2,1H3/t5?,6-,7?,8?,9?,10-/m1/s1. The molecule has 14 heavy (non-hydrogen) atoms. The third kappa shape index (κ3) is 0.787. The number of rotatable bonds is 3. The van der Waals surface area contributed by atoms with Gasteiger partial charge in [-0.25, -0.2) is 0 Å². The molecule has 3 heteroatoms. The zero-order valence-corrected chi connectivity index (χ0v) is 8.18. The molecule has 4 rings (SSSR count). The number of carbonyl (C=O) groups excluding carboxylic acids is 2. The molecule has 0 radical (unpaired) electrons. The van der Waals surface area contributed by atoms with Gasteiger partial charge in [0.05, 0.1) is 13.0 Å². The number of aldehydes is 1. The Labute approximate surface area is 82.8 Å². The summed E-state index contributed by atoms with van der Waals surface area (Å²) in [5.74, 6) is 3.01. The quantitative estimate of drug-likeness (QED) is 0.494. The van der Waals surface area contributed by atoms with Gasteiger partial charge in [0.1, 0.15) is 6.29 Å². The first-order chi connectivity index (χ1) is 6.79. The molecule has 76 valence electrons. The summed E-state index contributed by atoms with van der Waals surface area (Å²) in [5.41, 5.74) is 0. The first kappa shape index (κ1) is 8.45. The highest BCUT2D eigenvalue weighted by Crippen LogP contribution is 2.76. The van der Waals surface area contributed by atoms with Crippen LogP contribution in [0.2, 0.25) is 0 Å². The lowest BCUT2D eigenvalue weighted by atomic mass is 9.89. The summed E-state index contributed by atoms with van der Waals surface area (Å²) in [7, 11) is 1.46. The van der Waals surface area contributed by atoms with Gasteiger partial charge in [-0.2, -0.15) is 0 Å². The molecule has 0 aromatic heterocycles. The first-order valence-electron chi connectivity index (χ1n) is 5.31. The average Bonchev–Trinajstić information content (AvgIpc) is 2.56.